The van der Waals surface area contributed by atoms with Crippen LogP contribution in [0, 0.1) is 6.92 Å². The zero-order valence-electron chi connectivity index (χ0n) is 17.9. The van der Waals surface area contributed by atoms with Crippen molar-refractivity contribution in [2.24, 2.45) is 0 Å². The van der Waals surface area contributed by atoms with E-state index < -0.39 is 7.12 Å². The molecule has 1 heterocycles. The molecule has 6 heteroatoms. The Morgan fingerprint density at radius 1 is 1.00 bits per heavy atom. The van der Waals surface area contributed by atoms with E-state index in [0.29, 0.717) is 18.1 Å². The number of nitrogens with one attached hydrogen (secondary N) is 1. The Balaban J connectivity index is 1.80. The molecule has 1 saturated heterocycles. The van der Waals surface area contributed by atoms with Gasteiger partial charge in [-0.15, -0.1) is 0 Å². The lowest BCUT2D eigenvalue weighted by Crippen LogP contribution is -2.41. The molecule has 1 aliphatic heterocycles. The number of aryl methyl sites for hydroxylation is 1. The minimum atomic E-state index is -0.430. The molecular formula is C22H30BNO4. The standard InChI is InChI=1S/C22H30BNO4/c1-15-9-8-10-18(24-6)17(15)14-26-19-12-11-16(13-20(19)25-7)23-27-21(2,3)22(4,5)28-23/h8-13,24H,14H2,1-7H3. The van der Waals surface area contributed by atoms with Crippen molar-refractivity contribution in [1.29, 1.82) is 0 Å². The monoisotopic (exact) mass is 383 g/mol. The van der Waals surface area contributed by atoms with Gasteiger partial charge in [0, 0.05) is 18.3 Å². The van der Waals surface area contributed by atoms with Crippen LogP contribution in [-0.2, 0) is 15.9 Å². The number of hydrogen-bond acceptors (Lipinski definition) is 5. The molecular weight excluding hydrogens is 353 g/mol. The van der Waals surface area contributed by atoms with Crippen molar-refractivity contribution in [3.05, 3.63) is 47.5 Å². The molecule has 0 unspecified atom stereocenters. The predicted molar refractivity (Wildman–Crippen MR) is 114 cm³/mol. The summed E-state index contributed by atoms with van der Waals surface area (Å²) in [6, 6.07) is 12.0. The summed E-state index contributed by atoms with van der Waals surface area (Å²) in [6.07, 6.45) is 0. The van der Waals surface area contributed by atoms with Crippen LogP contribution in [0.4, 0.5) is 5.69 Å². The van der Waals surface area contributed by atoms with Gasteiger partial charge in [0.25, 0.3) is 0 Å². The number of ether oxygens (including phenoxy) is 2. The van der Waals surface area contributed by atoms with Crippen molar-refractivity contribution >= 4 is 18.3 Å². The second-order valence-electron chi connectivity index (χ2n) is 8.14. The average molecular weight is 383 g/mol. The molecule has 0 aliphatic carbocycles. The zero-order valence-corrected chi connectivity index (χ0v) is 17.9. The van der Waals surface area contributed by atoms with Gasteiger partial charge in [-0.2, -0.15) is 0 Å². The highest BCUT2D eigenvalue weighted by Crippen LogP contribution is 2.37. The van der Waals surface area contributed by atoms with E-state index in [-0.39, 0.29) is 11.2 Å². The van der Waals surface area contributed by atoms with Crippen LogP contribution >= 0.6 is 0 Å². The van der Waals surface area contributed by atoms with Crippen molar-refractivity contribution in [3.8, 4) is 11.5 Å². The van der Waals surface area contributed by atoms with Gasteiger partial charge in [0.2, 0.25) is 0 Å². The SMILES string of the molecule is CNc1cccc(C)c1COc1ccc(B2OC(C)(C)C(C)(C)O2)cc1OC. The Labute approximate surface area is 168 Å². The van der Waals surface area contributed by atoms with Crippen molar-refractivity contribution < 1.29 is 18.8 Å². The first-order valence-corrected chi connectivity index (χ1v) is 9.61. The highest BCUT2D eigenvalue weighted by Gasteiger charge is 2.51. The van der Waals surface area contributed by atoms with Crippen LogP contribution in [0.1, 0.15) is 38.8 Å². The quantitative estimate of drug-likeness (QED) is 0.767. The fourth-order valence-electron chi connectivity index (χ4n) is 3.21. The third-order valence-corrected chi connectivity index (χ3v) is 5.76. The van der Waals surface area contributed by atoms with Gasteiger partial charge in [0.15, 0.2) is 11.5 Å². The predicted octanol–water partition coefficient (Wildman–Crippen LogP) is 3.92. The van der Waals surface area contributed by atoms with Crippen LogP contribution in [0.5, 0.6) is 11.5 Å². The van der Waals surface area contributed by atoms with E-state index in [9.17, 15) is 0 Å². The summed E-state index contributed by atoms with van der Waals surface area (Å²) in [6.45, 7) is 10.7. The summed E-state index contributed by atoms with van der Waals surface area (Å²) < 4.78 is 23.9. The van der Waals surface area contributed by atoms with Gasteiger partial charge in [0.05, 0.1) is 18.3 Å². The first kappa shape index (κ1) is 20.6. The van der Waals surface area contributed by atoms with Crippen LogP contribution in [0.3, 0.4) is 0 Å². The minimum Gasteiger partial charge on any atom is -0.493 e. The fourth-order valence-corrected chi connectivity index (χ4v) is 3.21. The first-order valence-electron chi connectivity index (χ1n) is 9.61. The Hall–Kier alpha value is -2.18. The summed E-state index contributed by atoms with van der Waals surface area (Å²) in [5, 5.41) is 3.22. The van der Waals surface area contributed by atoms with E-state index in [1.54, 1.807) is 7.11 Å². The molecule has 28 heavy (non-hydrogen) atoms. The van der Waals surface area contributed by atoms with Gasteiger partial charge < -0.3 is 24.1 Å². The molecule has 0 aromatic heterocycles. The molecule has 0 spiro atoms. The molecule has 0 saturated carbocycles. The van der Waals surface area contributed by atoms with Gasteiger partial charge >= 0.3 is 7.12 Å². The third-order valence-electron chi connectivity index (χ3n) is 5.76. The lowest BCUT2D eigenvalue weighted by Gasteiger charge is -2.32. The van der Waals surface area contributed by atoms with Gasteiger partial charge in [-0.05, 0) is 63.8 Å². The maximum absolute atomic E-state index is 6.14. The Morgan fingerprint density at radius 3 is 2.29 bits per heavy atom. The van der Waals surface area contributed by atoms with Gasteiger partial charge in [-0.1, -0.05) is 18.2 Å². The van der Waals surface area contributed by atoms with Crippen molar-refractivity contribution in [2.45, 2.75) is 52.4 Å². The molecule has 3 rings (SSSR count). The molecule has 2 aromatic carbocycles. The largest absolute Gasteiger partial charge is 0.494 e. The zero-order chi connectivity index (χ0) is 20.5. The average Bonchev–Trinajstić information content (AvgIpc) is 2.87. The number of anilines is 1. The lowest BCUT2D eigenvalue weighted by molar-refractivity contribution is 0.00578. The lowest BCUT2D eigenvalue weighted by atomic mass is 9.79. The fraction of sp³-hybridized carbons (Fsp3) is 0.455. The second-order valence-corrected chi connectivity index (χ2v) is 8.14. The van der Waals surface area contributed by atoms with E-state index in [1.807, 2.05) is 65.1 Å². The van der Waals surface area contributed by atoms with E-state index in [2.05, 4.69) is 18.3 Å². The Kier molecular flexibility index (Phi) is 5.64. The first-order chi connectivity index (χ1) is 13.2. The summed E-state index contributed by atoms with van der Waals surface area (Å²) >= 11 is 0. The molecule has 5 nitrogen and oxygen atoms in total. The normalized spacial score (nSPS) is 17.5. The minimum absolute atomic E-state index is 0.380. The smallest absolute Gasteiger partial charge is 0.493 e. The van der Waals surface area contributed by atoms with Gasteiger partial charge in [-0.3, -0.25) is 0 Å². The number of benzene rings is 2. The molecule has 1 fully saturated rings. The Morgan fingerprint density at radius 2 is 1.68 bits per heavy atom. The summed E-state index contributed by atoms with van der Waals surface area (Å²) in [7, 11) is 3.13. The molecule has 1 aliphatic rings. The van der Waals surface area contributed by atoms with E-state index in [4.69, 9.17) is 18.8 Å². The summed E-state index contributed by atoms with van der Waals surface area (Å²) in [5.41, 5.74) is 3.52. The summed E-state index contributed by atoms with van der Waals surface area (Å²) in [5.74, 6) is 1.35. The third kappa shape index (κ3) is 3.84. The van der Waals surface area contributed by atoms with Crippen LogP contribution in [-0.4, -0.2) is 32.5 Å². The highest BCUT2D eigenvalue weighted by molar-refractivity contribution is 6.62. The van der Waals surface area contributed by atoms with E-state index >= 15 is 0 Å². The van der Waals surface area contributed by atoms with Crippen LogP contribution < -0.4 is 20.3 Å². The number of hydrogen-bond donors (Lipinski definition) is 1. The number of rotatable bonds is 6. The molecule has 150 valence electrons. The molecule has 0 radical (unpaired) electrons. The summed E-state index contributed by atoms with van der Waals surface area (Å²) in [4.78, 5) is 0. The van der Waals surface area contributed by atoms with Crippen LogP contribution in [0.15, 0.2) is 36.4 Å². The maximum atomic E-state index is 6.14. The van der Waals surface area contributed by atoms with Crippen LogP contribution in [0.25, 0.3) is 0 Å². The highest BCUT2D eigenvalue weighted by atomic mass is 16.7. The number of methoxy groups -OCH3 is 1. The van der Waals surface area contributed by atoms with Gasteiger partial charge in [-0.25, -0.2) is 0 Å². The Bertz CT molecular complexity index is 834. The second kappa shape index (κ2) is 7.68. The van der Waals surface area contributed by atoms with E-state index in [0.717, 1.165) is 16.7 Å². The maximum Gasteiger partial charge on any atom is 0.494 e. The molecule has 2 aromatic rings. The molecule has 0 bridgehead atoms. The van der Waals surface area contributed by atoms with Crippen molar-refractivity contribution in [2.75, 3.05) is 19.5 Å². The van der Waals surface area contributed by atoms with Crippen molar-refractivity contribution in [1.82, 2.24) is 0 Å². The molecule has 0 amide bonds. The van der Waals surface area contributed by atoms with Gasteiger partial charge in [0.1, 0.15) is 6.61 Å². The molecule has 1 N–H and O–H groups in total. The topological polar surface area (TPSA) is 49.0 Å². The van der Waals surface area contributed by atoms with Crippen LogP contribution in [0.2, 0.25) is 0 Å². The van der Waals surface area contributed by atoms with Crippen molar-refractivity contribution in [3.63, 3.8) is 0 Å². The van der Waals surface area contributed by atoms with E-state index in [1.165, 1.54) is 5.56 Å². The molecule has 0 atom stereocenters.